The first-order valence-electron chi connectivity index (χ1n) is 10.9. The minimum Gasteiger partial charge on any atom is -0.444 e. The van der Waals surface area contributed by atoms with E-state index in [0.717, 1.165) is 18.4 Å². The molecule has 0 atom stereocenters. The zero-order valence-corrected chi connectivity index (χ0v) is 19.1. The molecule has 170 valence electrons. The van der Waals surface area contributed by atoms with Crippen molar-refractivity contribution in [1.82, 2.24) is 15.5 Å². The molecule has 0 bridgehead atoms. The molecular formula is C24H35N3O4. The van der Waals surface area contributed by atoms with Crippen molar-refractivity contribution in [2.75, 3.05) is 26.2 Å². The molecule has 1 aliphatic heterocycles. The summed E-state index contributed by atoms with van der Waals surface area (Å²) in [6.07, 6.45) is 4.89. The molecule has 1 fully saturated rings. The lowest BCUT2D eigenvalue weighted by Gasteiger charge is -2.31. The van der Waals surface area contributed by atoms with Crippen molar-refractivity contribution in [1.29, 1.82) is 0 Å². The Hall–Kier alpha value is -2.83. The molecule has 0 radical (unpaired) electrons. The molecule has 1 aliphatic rings. The van der Waals surface area contributed by atoms with E-state index in [1.54, 1.807) is 26.8 Å². The second-order valence-corrected chi connectivity index (χ2v) is 9.00. The van der Waals surface area contributed by atoms with Gasteiger partial charge in [-0.05, 0) is 58.1 Å². The molecule has 0 aliphatic carbocycles. The maximum Gasteiger partial charge on any atom is 0.407 e. The standard InChI is InChI=1S/C24H35N3O4/c1-18-5-7-19(8-6-18)9-10-22(29)27-15-12-20(13-16-27)17-26-21(28)11-14-25-23(30)31-24(2,3)4/h5-10,20H,11-17H2,1-4H3,(H,25,30)(H,26,28)/b10-9+. The second kappa shape index (κ2) is 11.5. The van der Waals surface area contributed by atoms with E-state index in [2.05, 4.69) is 10.6 Å². The first-order chi connectivity index (χ1) is 14.6. The average Bonchev–Trinajstić information content (AvgIpc) is 2.70. The van der Waals surface area contributed by atoms with Crippen molar-refractivity contribution in [3.05, 3.63) is 41.5 Å². The van der Waals surface area contributed by atoms with Crippen molar-refractivity contribution >= 4 is 24.0 Å². The Kier molecular flexibility index (Phi) is 9.09. The summed E-state index contributed by atoms with van der Waals surface area (Å²) in [5.74, 6) is 0.278. The SMILES string of the molecule is Cc1ccc(/C=C/C(=O)N2CCC(CNC(=O)CCNC(=O)OC(C)(C)C)CC2)cc1. The van der Waals surface area contributed by atoms with Crippen molar-refractivity contribution in [3.63, 3.8) is 0 Å². The molecule has 7 heteroatoms. The van der Waals surface area contributed by atoms with Gasteiger partial charge in [-0.25, -0.2) is 4.79 Å². The summed E-state index contributed by atoms with van der Waals surface area (Å²) in [4.78, 5) is 37.8. The minimum atomic E-state index is -0.556. The number of benzene rings is 1. The largest absolute Gasteiger partial charge is 0.444 e. The normalized spacial score (nSPS) is 15.0. The minimum absolute atomic E-state index is 0.0243. The van der Waals surface area contributed by atoms with Gasteiger partial charge in [0.2, 0.25) is 11.8 Å². The van der Waals surface area contributed by atoms with Crippen LogP contribution in [0.2, 0.25) is 0 Å². The lowest BCUT2D eigenvalue weighted by Crippen LogP contribution is -2.41. The molecule has 2 rings (SSSR count). The Morgan fingerprint density at radius 2 is 1.74 bits per heavy atom. The van der Waals surface area contributed by atoms with E-state index in [-0.39, 0.29) is 24.8 Å². The highest BCUT2D eigenvalue weighted by Crippen LogP contribution is 2.17. The van der Waals surface area contributed by atoms with Gasteiger partial charge in [0.15, 0.2) is 0 Å². The highest BCUT2D eigenvalue weighted by atomic mass is 16.6. The molecule has 2 N–H and O–H groups in total. The molecule has 1 saturated heterocycles. The Balaban J connectivity index is 1.62. The first kappa shape index (κ1) is 24.4. The van der Waals surface area contributed by atoms with Crippen LogP contribution in [0.25, 0.3) is 6.08 Å². The molecule has 0 unspecified atom stereocenters. The lowest BCUT2D eigenvalue weighted by atomic mass is 9.96. The van der Waals surface area contributed by atoms with Gasteiger partial charge in [0, 0.05) is 38.7 Å². The topological polar surface area (TPSA) is 87.7 Å². The zero-order valence-electron chi connectivity index (χ0n) is 19.1. The highest BCUT2D eigenvalue weighted by molar-refractivity contribution is 5.91. The van der Waals surface area contributed by atoms with Gasteiger partial charge in [-0.1, -0.05) is 29.8 Å². The number of hydrogen-bond donors (Lipinski definition) is 2. The summed E-state index contributed by atoms with van der Waals surface area (Å²) in [5, 5.41) is 5.50. The van der Waals surface area contributed by atoms with Crippen LogP contribution in [-0.2, 0) is 14.3 Å². The van der Waals surface area contributed by atoms with Crippen molar-refractivity contribution in [2.24, 2.45) is 5.92 Å². The molecule has 7 nitrogen and oxygen atoms in total. The van der Waals surface area contributed by atoms with E-state index < -0.39 is 11.7 Å². The number of alkyl carbamates (subject to hydrolysis) is 1. The fourth-order valence-corrected chi connectivity index (χ4v) is 3.25. The van der Waals surface area contributed by atoms with Gasteiger partial charge in [0.25, 0.3) is 0 Å². The summed E-state index contributed by atoms with van der Waals surface area (Å²) in [7, 11) is 0. The Morgan fingerprint density at radius 1 is 1.10 bits per heavy atom. The lowest BCUT2D eigenvalue weighted by molar-refractivity contribution is -0.127. The molecule has 3 amide bonds. The van der Waals surface area contributed by atoms with Crippen LogP contribution in [0.1, 0.15) is 51.2 Å². The molecular weight excluding hydrogens is 394 g/mol. The van der Waals surface area contributed by atoms with Gasteiger partial charge in [0.05, 0.1) is 0 Å². The number of hydrogen-bond acceptors (Lipinski definition) is 4. The summed E-state index contributed by atoms with van der Waals surface area (Å²) in [6.45, 7) is 9.62. The van der Waals surface area contributed by atoms with Crippen LogP contribution in [0.15, 0.2) is 30.3 Å². The van der Waals surface area contributed by atoms with Gasteiger partial charge in [-0.2, -0.15) is 0 Å². The van der Waals surface area contributed by atoms with E-state index >= 15 is 0 Å². The van der Waals surface area contributed by atoms with E-state index in [4.69, 9.17) is 4.74 Å². The van der Waals surface area contributed by atoms with Crippen molar-refractivity contribution in [3.8, 4) is 0 Å². The Bertz CT molecular complexity index is 773. The van der Waals surface area contributed by atoms with Gasteiger partial charge in [-0.15, -0.1) is 0 Å². The number of amides is 3. The fraction of sp³-hybridized carbons (Fsp3) is 0.542. The average molecular weight is 430 g/mol. The van der Waals surface area contributed by atoms with Gasteiger partial charge >= 0.3 is 6.09 Å². The van der Waals surface area contributed by atoms with Gasteiger partial charge < -0.3 is 20.3 Å². The molecule has 1 aromatic carbocycles. The van der Waals surface area contributed by atoms with Gasteiger partial charge in [0.1, 0.15) is 5.60 Å². The predicted molar refractivity (Wildman–Crippen MR) is 121 cm³/mol. The quantitative estimate of drug-likeness (QED) is 0.651. The summed E-state index contributed by atoms with van der Waals surface area (Å²) < 4.78 is 5.13. The van der Waals surface area contributed by atoms with E-state index in [9.17, 15) is 14.4 Å². The molecule has 1 heterocycles. The third-order valence-corrected chi connectivity index (χ3v) is 5.03. The van der Waals surface area contributed by atoms with Crippen LogP contribution in [-0.4, -0.2) is 54.6 Å². The van der Waals surface area contributed by atoms with Crippen LogP contribution >= 0.6 is 0 Å². The Morgan fingerprint density at radius 3 is 2.35 bits per heavy atom. The number of carbonyl (C=O) groups excluding carboxylic acids is 3. The van der Waals surface area contributed by atoms with Crippen molar-refractivity contribution in [2.45, 2.75) is 52.6 Å². The zero-order chi connectivity index (χ0) is 22.9. The maximum atomic E-state index is 12.4. The van der Waals surface area contributed by atoms with Gasteiger partial charge in [-0.3, -0.25) is 9.59 Å². The van der Waals surface area contributed by atoms with Crippen LogP contribution < -0.4 is 10.6 Å². The first-order valence-corrected chi connectivity index (χ1v) is 10.9. The number of carbonyl (C=O) groups is 3. The molecule has 0 saturated carbocycles. The summed E-state index contributed by atoms with van der Waals surface area (Å²) in [5.41, 5.74) is 1.65. The maximum absolute atomic E-state index is 12.4. The van der Waals surface area contributed by atoms with E-state index in [1.807, 2.05) is 42.2 Å². The van der Waals surface area contributed by atoms with Crippen LogP contribution in [0.4, 0.5) is 4.79 Å². The van der Waals surface area contributed by atoms with Crippen LogP contribution in [0.3, 0.4) is 0 Å². The highest BCUT2D eigenvalue weighted by Gasteiger charge is 2.22. The smallest absolute Gasteiger partial charge is 0.407 e. The number of likely N-dealkylation sites (tertiary alicyclic amines) is 1. The van der Waals surface area contributed by atoms with Crippen molar-refractivity contribution < 1.29 is 19.1 Å². The third-order valence-electron chi connectivity index (χ3n) is 5.03. The number of ether oxygens (including phenoxy) is 1. The number of aryl methyl sites for hydroxylation is 1. The third kappa shape index (κ3) is 9.68. The summed E-state index contributed by atoms with van der Waals surface area (Å²) >= 11 is 0. The van der Waals surface area contributed by atoms with E-state index in [0.29, 0.717) is 25.6 Å². The summed E-state index contributed by atoms with van der Waals surface area (Å²) in [6, 6.07) is 8.04. The molecule has 31 heavy (non-hydrogen) atoms. The van der Waals surface area contributed by atoms with E-state index in [1.165, 1.54) is 5.56 Å². The van der Waals surface area contributed by atoms with Crippen LogP contribution in [0.5, 0.6) is 0 Å². The van der Waals surface area contributed by atoms with Crippen LogP contribution in [0, 0.1) is 12.8 Å². The fourth-order valence-electron chi connectivity index (χ4n) is 3.25. The Labute approximate surface area is 185 Å². The predicted octanol–water partition coefficient (Wildman–Crippen LogP) is 3.28. The molecule has 0 aromatic heterocycles. The number of nitrogens with zero attached hydrogens (tertiary/aromatic N) is 1. The molecule has 0 spiro atoms. The number of piperidine rings is 1. The number of rotatable bonds is 7. The monoisotopic (exact) mass is 429 g/mol. The number of nitrogens with one attached hydrogen (secondary N) is 2. The molecule has 1 aromatic rings. The second-order valence-electron chi connectivity index (χ2n) is 9.00.